The Hall–Kier alpha value is -6.72. The Morgan fingerprint density at radius 1 is 0.440 bits per heavy atom. The van der Waals surface area contributed by atoms with Crippen molar-refractivity contribution in [2.45, 2.75) is 6.54 Å². The highest BCUT2D eigenvalue weighted by Gasteiger charge is 2.18. The van der Waals surface area contributed by atoms with Crippen LogP contribution in [0.3, 0.4) is 0 Å². The number of aromatic nitrogens is 2. The van der Waals surface area contributed by atoms with Crippen molar-refractivity contribution >= 4 is 55.3 Å². The lowest BCUT2D eigenvalue weighted by atomic mass is 10.1. The SMILES string of the molecule is NC(=NC(=NCc1cccc(-n2c3ccccc3c3cc4c5ccccc5n(-c5ccccc5)c4cc32)c1)c1ccccc1)c1ccccc1. The van der Waals surface area contributed by atoms with E-state index in [0.717, 1.165) is 39.1 Å². The highest BCUT2D eigenvalue weighted by Crippen LogP contribution is 2.39. The van der Waals surface area contributed by atoms with Gasteiger partial charge in [0.15, 0.2) is 5.84 Å². The minimum absolute atomic E-state index is 0.437. The Morgan fingerprint density at radius 3 is 1.60 bits per heavy atom. The molecule has 0 saturated heterocycles. The number of para-hydroxylation sites is 3. The van der Waals surface area contributed by atoms with E-state index in [1.54, 1.807) is 0 Å². The normalized spacial score (nSPS) is 12.4. The van der Waals surface area contributed by atoms with Crippen molar-refractivity contribution in [3.63, 3.8) is 0 Å². The molecule has 0 spiro atoms. The average molecular weight is 644 g/mol. The average Bonchev–Trinajstić information content (AvgIpc) is 3.68. The molecule has 0 bridgehead atoms. The van der Waals surface area contributed by atoms with Crippen molar-refractivity contribution in [1.82, 2.24) is 9.13 Å². The largest absolute Gasteiger partial charge is 0.383 e. The molecule has 0 radical (unpaired) electrons. The van der Waals surface area contributed by atoms with Gasteiger partial charge in [-0.3, -0.25) is 4.99 Å². The molecule has 2 heterocycles. The van der Waals surface area contributed by atoms with Crippen molar-refractivity contribution < 1.29 is 0 Å². The van der Waals surface area contributed by atoms with E-state index < -0.39 is 0 Å². The maximum Gasteiger partial charge on any atom is 0.157 e. The summed E-state index contributed by atoms with van der Waals surface area (Å²) in [7, 11) is 0. The third-order valence-corrected chi connectivity index (χ3v) is 9.39. The smallest absolute Gasteiger partial charge is 0.157 e. The number of fused-ring (bicyclic) bond motifs is 6. The topological polar surface area (TPSA) is 60.6 Å². The van der Waals surface area contributed by atoms with Gasteiger partial charge < -0.3 is 14.9 Å². The van der Waals surface area contributed by atoms with E-state index in [-0.39, 0.29) is 0 Å². The molecule has 9 aromatic rings. The van der Waals surface area contributed by atoms with Gasteiger partial charge in [0, 0.05) is 44.0 Å². The number of hydrogen-bond donors (Lipinski definition) is 1. The summed E-state index contributed by atoms with van der Waals surface area (Å²) < 4.78 is 4.76. The van der Waals surface area contributed by atoms with Crippen LogP contribution in [0.15, 0.2) is 186 Å². The lowest BCUT2D eigenvalue weighted by Gasteiger charge is -2.11. The quantitative estimate of drug-likeness (QED) is 0.142. The number of nitrogens with two attached hydrogens (primary N) is 1. The second-order valence-electron chi connectivity index (χ2n) is 12.5. The minimum atomic E-state index is 0.437. The first-order valence-corrected chi connectivity index (χ1v) is 16.8. The van der Waals surface area contributed by atoms with Crippen molar-refractivity contribution in [2.75, 3.05) is 0 Å². The first-order chi connectivity index (χ1) is 24.7. The van der Waals surface area contributed by atoms with Crippen LogP contribution < -0.4 is 5.73 Å². The van der Waals surface area contributed by atoms with E-state index >= 15 is 0 Å². The van der Waals surface area contributed by atoms with Crippen molar-refractivity contribution in [3.05, 3.63) is 193 Å². The molecule has 0 amide bonds. The fourth-order valence-electron chi connectivity index (χ4n) is 7.09. The van der Waals surface area contributed by atoms with Gasteiger partial charge in [-0.25, -0.2) is 4.99 Å². The van der Waals surface area contributed by atoms with Crippen molar-refractivity contribution in [2.24, 2.45) is 15.7 Å². The van der Waals surface area contributed by atoms with E-state index in [1.165, 1.54) is 32.6 Å². The van der Waals surface area contributed by atoms with Crippen LogP contribution in [0, 0.1) is 0 Å². The number of rotatable bonds is 6. The molecule has 2 aromatic heterocycles. The third-order valence-electron chi connectivity index (χ3n) is 9.39. The number of aliphatic imine (C=N–C) groups is 2. The van der Waals surface area contributed by atoms with E-state index in [2.05, 4.69) is 124 Å². The van der Waals surface area contributed by atoms with E-state index in [0.29, 0.717) is 18.2 Å². The molecule has 0 aliphatic carbocycles. The fraction of sp³-hybridized carbons (Fsp3) is 0.0222. The zero-order valence-corrected chi connectivity index (χ0v) is 27.3. The minimum Gasteiger partial charge on any atom is -0.383 e. The number of amidine groups is 2. The van der Waals surface area contributed by atoms with Crippen LogP contribution in [0.2, 0.25) is 0 Å². The van der Waals surface area contributed by atoms with Crippen LogP contribution in [0.1, 0.15) is 16.7 Å². The fourth-order valence-corrected chi connectivity index (χ4v) is 7.09. The van der Waals surface area contributed by atoms with E-state index in [4.69, 9.17) is 15.7 Å². The van der Waals surface area contributed by atoms with Gasteiger partial charge in [0.25, 0.3) is 0 Å². The molecule has 238 valence electrons. The summed E-state index contributed by atoms with van der Waals surface area (Å²) in [5, 5.41) is 4.94. The summed E-state index contributed by atoms with van der Waals surface area (Å²) in [6, 6.07) is 61.2. The summed E-state index contributed by atoms with van der Waals surface area (Å²) in [5.74, 6) is 1.04. The maximum atomic E-state index is 6.47. The zero-order valence-electron chi connectivity index (χ0n) is 27.3. The zero-order chi connectivity index (χ0) is 33.4. The Bertz CT molecular complexity index is 2720. The van der Waals surface area contributed by atoms with Crippen LogP contribution in [0.4, 0.5) is 0 Å². The van der Waals surface area contributed by atoms with E-state index in [9.17, 15) is 0 Å². The van der Waals surface area contributed by atoms with Crippen LogP contribution in [0.25, 0.3) is 55.0 Å². The maximum absolute atomic E-state index is 6.47. The van der Waals surface area contributed by atoms with Gasteiger partial charge >= 0.3 is 0 Å². The summed E-state index contributed by atoms with van der Waals surface area (Å²) in [5.41, 5.74) is 16.3. The van der Waals surface area contributed by atoms with Crippen LogP contribution >= 0.6 is 0 Å². The Morgan fingerprint density at radius 2 is 0.960 bits per heavy atom. The highest BCUT2D eigenvalue weighted by atomic mass is 15.0. The van der Waals surface area contributed by atoms with Gasteiger partial charge in [-0.1, -0.05) is 127 Å². The number of nitrogens with zero attached hydrogens (tertiary/aromatic N) is 4. The van der Waals surface area contributed by atoms with Gasteiger partial charge in [0.2, 0.25) is 0 Å². The second-order valence-corrected chi connectivity index (χ2v) is 12.5. The summed E-state index contributed by atoms with van der Waals surface area (Å²) >= 11 is 0. The van der Waals surface area contributed by atoms with E-state index in [1.807, 2.05) is 60.7 Å². The molecule has 0 unspecified atom stereocenters. The van der Waals surface area contributed by atoms with Gasteiger partial charge in [-0.2, -0.15) is 0 Å². The predicted octanol–water partition coefficient (Wildman–Crippen LogP) is 10.2. The molecule has 0 fully saturated rings. The number of benzene rings is 7. The third kappa shape index (κ3) is 5.13. The van der Waals surface area contributed by atoms with Gasteiger partial charge in [0.05, 0.1) is 28.6 Å². The first-order valence-electron chi connectivity index (χ1n) is 16.8. The predicted molar refractivity (Wildman–Crippen MR) is 209 cm³/mol. The van der Waals surface area contributed by atoms with Gasteiger partial charge in [-0.15, -0.1) is 0 Å². The molecule has 0 aliphatic rings. The molecule has 2 N–H and O–H groups in total. The monoisotopic (exact) mass is 643 g/mol. The molecule has 0 aliphatic heterocycles. The van der Waals surface area contributed by atoms with Gasteiger partial charge in [-0.05, 0) is 54.1 Å². The molecular weight excluding hydrogens is 611 g/mol. The van der Waals surface area contributed by atoms with Gasteiger partial charge in [0.1, 0.15) is 5.84 Å². The molecule has 7 aromatic carbocycles. The molecule has 5 nitrogen and oxygen atoms in total. The molecule has 0 atom stereocenters. The molecule has 0 saturated carbocycles. The summed E-state index contributed by atoms with van der Waals surface area (Å²) in [6.07, 6.45) is 0. The van der Waals surface area contributed by atoms with Crippen molar-refractivity contribution in [3.8, 4) is 11.4 Å². The summed E-state index contributed by atoms with van der Waals surface area (Å²) in [6.45, 7) is 0.452. The lowest BCUT2D eigenvalue weighted by molar-refractivity contribution is 1.05. The lowest BCUT2D eigenvalue weighted by Crippen LogP contribution is -2.16. The van der Waals surface area contributed by atoms with Crippen molar-refractivity contribution in [1.29, 1.82) is 0 Å². The molecule has 9 rings (SSSR count). The summed E-state index contributed by atoms with van der Waals surface area (Å²) in [4.78, 5) is 9.83. The Balaban J connectivity index is 1.20. The number of hydrogen-bond acceptors (Lipinski definition) is 1. The molecule has 50 heavy (non-hydrogen) atoms. The Labute approximate surface area is 289 Å². The van der Waals surface area contributed by atoms with Crippen LogP contribution in [-0.2, 0) is 6.54 Å². The van der Waals surface area contributed by atoms with Crippen LogP contribution in [-0.4, -0.2) is 20.8 Å². The highest BCUT2D eigenvalue weighted by molar-refractivity contribution is 6.19. The second kappa shape index (κ2) is 12.4. The molecule has 5 heteroatoms. The standard InChI is InChI=1S/C45H33N5/c46-44(32-16-4-1-5-17-32)48-45(33-18-6-2-7-19-33)47-30-31-15-14-22-35(27-31)50-41-26-13-11-24-37(41)39-28-38-36-23-10-12-25-40(36)49(42(38)29-43(39)50)34-20-8-3-9-21-34/h1-29H,30H2,(H2,46,47,48). The molecular formula is C45H33N5. The Kier molecular flexibility index (Phi) is 7.29. The van der Waals surface area contributed by atoms with Crippen LogP contribution in [0.5, 0.6) is 0 Å². The first kappa shape index (κ1) is 29.4.